The summed E-state index contributed by atoms with van der Waals surface area (Å²) in [6, 6.07) is 0. The van der Waals surface area contributed by atoms with Gasteiger partial charge in [-0.05, 0) is 33.6 Å². The largest absolute Gasteiger partial charge is 0.481 e. The number of carboxylic acids is 1. The Morgan fingerprint density at radius 2 is 2.05 bits per heavy atom. The van der Waals surface area contributed by atoms with Crippen molar-refractivity contribution in [3.8, 4) is 0 Å². The van der Waals surface area contributed by atoms with Crippen molar-refractivity contribution in [2.45, 2.75) is 39.5 Å². The van der Waals surface area contributed by atoms with Crippen LogP contribution < -0.4 is 10.9 Å². The summed E-state index contributed by atoms with van der Waals surface area (Å²) in [4.78, 5) is 42.0. The second-order valence-corrected chi connectivity index (χ2v) is 6.06. The van der Waals surface area contributed by atoms with Crippen molar-refractivity contribution in [2.75, 3.05) is 6.54 Å². The van der Waals surface area contributed by atoms with E-state index >= 15 is 0 Å². The van der Waals surface area contributed by atoms with Crippen LogP contribution in [-0.4, -0.2) is 33.5 Å². The first-order valence-corrected chi connectivity index (χ1v) is 6.85. The maximum absolute atomic E-state index is 12.1. The third-order valence-electron chi connectivity index (χ3n) is 3.58. The first-order valence-electron chi connectivity index (χ1n) is 6.85. The number of hydrogen-bond acceptors (Lipinski definition) is 4. The quantitative estimate of drug-likeness (QED) is 0.743. The van der Waals surface area contributed by atoms with Crippen LogP contribution in [0.3, 0.4) is 0 Å². The Kier molecular flexibility index (Phi) is 3.85. The number of carbonyl (C=O) groups excluding carboxylic acids is 1. The fourth-order valence-electron chi connectivity index (χ4n) is 1.89. The third-order valence-corrected chi connectivity index (χ3v) is 3.58. The Hall–Kier alpha value is -2.18. The van der Waals surface area contributed by atoms with Gasteiger partial charge in [-0.1, -0.05) is 0 Å². The fraction of sp³-hybridized carbons (Fsp3) is 0.571. The molecule has 0 aliphatic heterocycles. The minimum atomic E-state index is -1.10. The highest BCUT2D eigenvalue weighted by Crippen LogP contribution is 2.37. The Morgan fingerprint density at radius 1 is 1.43 bits per heavy atom. The van der Waals surface area contributed by atoms with Crippen LogP contribution in [-0.2, 0) is 4.79 Å². The molecule has 1 heterocycles. The van der Waals surface area contributed by atoms with Crippen LogP contribution >= 0.6 is 0 Å². The second-order valence-electron chi connectivity index (χ2n) is 6.06. The summed E-state index contributed by atoms with van der Waals surface area (Å²) >= 11 is 0. The van der Waals surface area contributed by atoms with Crippen LogP contribution in [0.5, 0.6) is 0 Å². The van der Waals surface area contributed by atoms with Gasteiger partial charge in [0.1, 0.15) is 11.4 Å². The van der Waals surface area contributed by atoms with Crippen molar-refractivity contribution in [3.63, 3.8) is 0 Å². The van der Waals surface area contributed by atoms with Crippen molar-refractivity contribution in [3.05, 3.63) is 27.4 Å². The van der Waals surface area contributed by atoms with Gasteiger partial charge in [0.05, 0.1) is 11.1 Å². The summed E-state index contributed by atoms with van der Waals surface area (Å²) in [7, 11) is 0. The van der Waals surface area contributed by atoms with Crippen LogP contribution in [0.4, 0.5) is 0 Å². The highest BCUT2D eigenvalue weighted by molar-refractivity contribution is 5.95. The molecule has 0 spiro atoms. The number of nitrogens with one attached hydrogen (secondary N) is 2. The molecule has 0 bridgehead atoms. The molecule has 7 nitrogen and oxygen atoms in total. The number of aromatic amines is 1. The maximum atomic E-state index is 12.1. The van der Waals surface area contributed by atoms with Gasteiger partial charge in [0.2, 0.25) is 0 Å². The predicted molar refractivity (Wildman–Crippen MR) is 75.3 cm³/mol. The molecule has 0 aromatic carbocycles. The van der Waals surface area contributed by atoms with Crippen molar-refractivity contribution < 1.29 is 14.7 Å². The lowest BCUT2D eigenvalue weighted by molar-refractivity contribution is -0.146. The van der Waals surface area contributed by atoms with Crippen molar-refractivity contribution in [1.29, 1.82) is 0 Å². The molecule has 21 heavy (non-hydrogen) atoms. The van der Waals surface area contributed by atoms with Gasteiger partial charge in [-0.15, -0.1) is 0 Å². The van der Waals surface area contributed by atoms with Gasteiger partial charge >= 0.3 is 5.97 Å². The molecule has 1 fully saturated rings. The maximum Gasteiger partial charge on any atom is 0.310 e. The Morgan fingerprint density at radius 3 is 2.52 bits per heavy atom. The van der Waals surface area contributed by atoms with E-state index in [1.807, 2.05) is 0 Å². The molecule has 3 N–H and O–H groups in total. The Bertz CT molecular complexity index is 644. The number of aliphatic carboxylic acids is 1. The van der Waals surface area contributed by atoms with Crippen molar-refractivity contribution in [2.24, 2.45) is 5.41 Å². The topological polar surface area (TPSA) is 112 Å². The fourth-order valence-corrected chi connectivity index (χ4v) is 1.89. The normalized spacial score (nSPS) is 14.8. The van der Waals surface area contributed by atoms with Crippen LogP contribution in [0.15, 0.2) is 4.79 Å². The molecule has 1 aromatic heterocycles. The number of aryl methyl sites for hydroxylation is 1. The van der Waals surface area contributed by atoms with Gasteiger partial charge in [0.15, 0.2) is 0 Å². The molecule has 1 aromatic rings. The summed E-state index contributed by atoms with van der Waals surface area (Å²) < 4.78 is 0. The molecule has 0 radical (unpaired) electrons. The number of carboxylic acid groups (broad SMARTS) is 1. The van der Waals surface area contributed by atoms with E-state index in [-0.39, 0.29) is 12.1 Å². The molecule has 0 unspecified atom stereocenters. The van der Waals surface area contributed by atoms with Gasteiger partial charge < -0.3 is 15.4 Å². The van der Waals surface area contributed by atoms with Crippen LogP contribution in [0.25, 0.3) is 0 Å². The Labute approximate surface area is 121 Å². The zero-order chi connectivity index (χ0) is 15.8. The molecule has 1 amide bonds. The summed E-state index contributed by atoms with van der Waals surface area (Å²) in [6.07, 6.45) is 2.00. The first kappa shape index (κ1) is 15.2. The lowest BCUT2D eigenvalue weighted by atomic mass is 9.94. The van der Waals surface area contributed by atoms with Crippen LogP contribution in [0.1, 0.15) is 54.5 Å². The van der Waals surface area contributed by atoms with E-state index in [0.717, 1.165) is 12.8 Å². The van der Waals surface area contributed by atoms with Crippen molar-refractivity contribution >= 4 is 11.9 Å². The molecular weight excluding hydrogens is 274 g/mol. The lowest BCUT2D eigenvalue weighted by Gasteiger charge is -2.19. The van der Waals surface area contributed by atoms with Crippen LogP contribution in [0, 0.1) is 12.3 Å². The number of aromatic nitrogens is 2. The van der Waals surface area contributed by atoms with Crippen LogP contribution in [0.2, 0.25) is 0 Å². The third kappa shape index (κ3) is 3.29. The number of carbonyl (C=O) groups is 2. The molecule has 1 aliphatic rings. The average Bonchev–Trinajstić information content (AvgIpc) is 3.19. The lowest BCUT2D eigenvalue weighted by Crippen LogP contribution is -2.41. The number of nitrogens with zero attached hydrogens (tertiary/aromatic N) is 1. The van der Waals surface area contributed by atoms with Gasteiger partial charge in [-0.2, -0.15) is 0 Å². The highest BCUT2D eigenvalue weighted by Gasteiger charge is 2.30. The standard InChI is InChI=1S/C14H19N3O4/c1-7-9(11(18)15-6-14(2,3)13(20)21)12(19)17-10(16-7)8-4-5-8/h8H,4-6H2,1-3H3,(H,15,18)(H,20,21)(H,16,17,19). The summed E-state index contributed by atoms with van der Waals surface area (Å²) in [5.74, 6) is -0.701. The van der Waals surface area contributed by atoms with E-state index in [9.17, 15) is 14.4 Å². The van der Waals surface area contributed by atoms with E-state index in [1.54, 1.807) is 6.92 Å². The number of amides is 1. The first-order chi connectivity index (χ1) is 9.72. The molecular formula is C14H19N3O4. The summed E-state index contributed by atoms with van der Waals surface area (Å²) in [5, 5.41) is 11.5. The zero-order valence-electron chi connectivity index (χ0n) is 12.3. The van der Waals surface area contributed by atoms with E-state index in [1.165, 1.54) is 13.8 Å². The second kappa shape index (κ2) is 5.31. The number of hydrogen-bond donors (Lipinski definition) is 3. The van der Waals surface area contributed by atoms with E-state index in [4.69, 9.17) is 5.11 Å². The summed E-state index contributed by atoms with van der Waals surface area (Å²) in [5.41, 5.74) is -1.26. The molecule has 114 valence electrons. The van der Waals surface area contributed by atoms with E-state index < -0.39 is 22.9 Å². The minimum Gasteiger partial charge on any atom is -0.481 e. The summed E-state index contributed by atoms with van der Waals surface area (Å²) in [6.45, 7) is 4.55. The minimum absolute atomic E-state index is 0.0550. The zero-order valence-corrected chi connectivity index (χ0v) is 12.3. The molecule has 1 saturated carbocycles. The monoisotopic (exact) mass is 293 g/mol. The molecule has 0 saturated heterocycles. The Balaban J connectivity index is 2.16. The van der Waals surface area contributed by atoms with Crippen molar-refractivity contribution in [1.82, 2.24) is 15.3 Å². The molecule has 2 rings (SSSR count). The van der Waals surface area contributed by atoms with E-state index in [0.29, 0.717) is 17.4 Å². The number of H-pyrrole nitrogens is 1. The van der Waals surface area contributed by atoms with Gasteiger partial charge in [-0.25, -0.2) is 4.98 Å². The predicted octanol–water partition coefficient (Wildman–Crippen LogP) is 0.796. The SMILES string of the molecule is Cc1nc(C2CC2)[nH]c(=O)c1C(=O)NCC(C)(C)C(=O)O. The molecule has 1 aliphatic carbocycles. The van der Waals surface area contributed by atoms with Gasteiger partial charge in [0.25, 0.3) is 11.5 Å². The smallest absolute Gasteiger partial charge is 0.310 e. The molecule has 7 heteroatoms. The highest BCUT2D eigenvalue weighted by atomic mass is 16.4. The average molecular weight is 293 g/mol. The van der Waals surface area contributed by atoms with Gasteiger partial charge in [0, 0.05) is 12.5 Å². The number of rotatable bonds is 5. The van der Waals surface area contributed by atoms with E-state index in [2.05, 4.69) is 15.3 Å². The van der Waals surface area contributed by atoms with Gasteiger partial charge in [-0.3, -0.25) is 14.4 Å². The molecule has 0 atom stereocenters.